The predicted molar refractivity (Wildman–Crippen MR) is 113 cm³/mol. The lowest BCUT2D eigenvalue weighted by Crippen LogP contribution is -2.43. The highest BCUT2D eigenvalue weighted by Gasteiger charge is 2.29. The number of carbonyl (C=O) groups is 2. The molecule has 1 aliphatic rings. The highest BCUT2D eigenvalue weighted by Crippen LogP contribution is 2.22. The van der Waals surface area contributed by atoms with Crippen molar-refractivity contribution in [3.05, 3.63) is 48.4 Å². The fourth-order valence-electron chi connectivity index (χ4n) is 3.40. The van der Waals surface area contributed by atoms with Gasteiger partial charge in [-0.3, -0.25) is 9.59 Å². The molecule has 2 aromatic rings. The number of anilines is 1. The van der Waals surface area contributed by atoms with Crippen molar-refractivity contribution in [2.24, 2.45) is 5.92 Å². The van der Waals surface area contributed by atoms with E-state index < -0.39 is 10.0 Å². The Morgan fingerprint density at radius 3 is 2.83 bits per heavy atom. The summed E-state index contributed by atoms with van der Waals surface area (Å²) in [5, 5.41) is 2.80. The number of amides is 2. The average molecular weight is 434 g/mol. The van der Waals surface area contributed by atoms with Crippen molar-refractivity contribution in [1.29, 1.82) is 0 Å². The Kier molecular flexibility index (Phi) is 7.28. The normalized spacial score (nSPS) is 17.0. The lowest BCUT2D eigenvalue weighted by Gasteiger charge is -2.31. The number of rotatable bonds is 8. The Hall–Kier alpha value is -2.65. The van der Waals surface area contributed by atoms with E-state index >= 15 is 0 Å². The summed E-state index contributed by atoms with van der Waals surface area (Å²) < 4.78 is 32.3. The highest BCUT2D eigenvalue weighted by atomic mass is 32.2. The summed E-state index contributed by atoms with van der Waals surface area (Å²) >= 11 is 0. The minimum Gasteiger partial charge on any atom is -0.472 e. The van der Waals surface area contributed by atoms with E-state index in [9.17, 15) is 18.0 Å². The molecule has 2 N–H and O–H groups in total. The zero-order valence-corrected chi connectivity index (χ0v) is 17.8. The molecule has 0 saturated carbocycles. The fourth-order valence-corrected chi connectivity index (χ4v) is 4.52. The van der Waals surface area contributed by atoms with Gasteiger partial charge >= 0.3 is 0 Å². The third-order valence-electron chi connectivity index (χ3n) is 5.08. The predicted octanol–water partition coefficient (Wildman–Crippen LogP) is 2.85. The van der Waals surface area contributed by atoms with Crippen LogP contribution in [0.5, 0.6) is 0 Å². The molecule has 2 heterocycles. The Morgan fingerprint density at radius 2 is 2.10 bits per heavy atom. The summed E-state index contributed by atoms with van der Waals surface area (Å²) in [7, 11) is -3.62. The highest BCUT2D eigenvalue weighted by molar-refractivity contribution is 7.89. The summed E-state index contributed by atoms with van der Waals surface area (Å²) in [6.07, 6.45) is 5.87. The second kappa shape index (κ2) is 9.90. The molecule has 1 saturated heterocycles. The first-order chi connectivity index (χ1) is 14.4. The number of nitrogens with zero attached hydrogens (tertiary/aromatic N) is 1. The van der Waals surface area contributed by atoms with Gasteiger partial charge in [0.05, 0.1) is 22.6 Å². The number of furan rings is 1. The van der Waals surface area contributed by atoms with Gasteiger partial charge in [-0.2, -0.15) is 0 Å². The van der Waals surface area contributed by atoms with Crippen molar-refractivity contribution in [2.75, 3.05) is 25.0 Å². The van der Waals surface area contributed by atoms with E-state index in [1.165, 1.54) is 24.7 Å². The lowest BCUT2D eigenvalue weighted by atomic mass is 9.96. The van der Waals surface area contributed by atoms with Crippen LogP contribution in [0.15, 0.2) is 52.2 Å². The molecule has 162 valence electrons. The molecule has 0 radical (unpaired) electrons. The number of benzene rings is 1. The van der Waals surface area contributed by atoms with E-state index in [0.717, 1.165) is 19.3 Å². The Labute approximate surface area is 176 Å². The maximum Gasteiger partial charge on any atom is 0.257 e. The number of piperidine rings is 1. The molecule has 9 heteroatoms. The van der Waals surface area contributed by atoms with Gasteiger partial charge in [0.25, 0.3) is 5.91 Å². The first-order valence-electron chi connectivity index (χ1n) is 10.1. The van der Waals surface area contributed by atoms with Crippen LogP contribution >= 0.6 is 0 Å². The van der Waals surface area contributed by atoms with Crippen LogP contribution in [0.4, 0.5) is 5.69 Å². The molecule has 2 amide bonds. The van der Waals surface area contributed by atoms with Crippen LogP contribution in [0, 0.1) is 5.92 Å². The van der Waals surface area contributed by atoms with Crippen molar-refractivity contribution in [3.8, 4) is 0 Å². The van der Waals surface area contributed by atoms with E-state index in [4.69, 9.17) is 4.42 Å². The van der Waals surface area contributed by atoms with E-state index in [-0.39, 0.29) is 22.6 Å². The number of sulfonamides is 1. The summed E-state index contributed by atoms with van der Waals surface area (Å²) in [5.74, 6) is -0.752. The first kappa shape index (κ1) is 22.0. The number of hydrogen-bond acceptors (Lipinski definition) is 5. The van der Waals surface area contributed by atoms with E-state index in [1.807, 2.05) is 6.92 Å². The van der Waals surface area contributed by atoms with Crippen molar-refractivity contribution in [3.63, 3.8) is 0 Å². The van der Waals surface area contributed by atoms with Crippen LogP contribution in [-0.2, 0) is 14.8 Å². The average Bonchev–Trinajstić information content (AvgIpc) is 3.28. The van der Waals surface area contributed by atoms with E-state index in [1.54, 1.807) is 23.1 Å². The topological polar surface area (TPSA) is 109 Å². The minimum atomic E-state index is -3.62. The molecule has 0 bridgehead atoms. The quantitative estimate of drug-likeness (QED) is 0.622. The molecular formula is C21H27N3O5S. The van der Waals surface area contributed by atoms with Gasteiger partial charge in [-0.25, -0.2) is 13.1 Å². The van der Waals surface area contributed by atoms with E-state index in [0.29, 0.717) is 37.3 Å². The van der Waals surface area contributed by atoms with Gasteiger partial charge in [0.1, 0.15) is 6.26 Å². The van der Waals surface area contributed by atoms with Gasteiger partial charge < -0.3 is 14.6 Å². The van der Waals surface area contributed by atoms with Crippen LogP contribution in [0.1, 0.15) is 43.0 Å². The van der Waals surface area contributed by atoms with Gasteiger partial charge in [-0.15, -0.1) is 0 Å². The molecule has 1 fully saturated rings. The largest absolute Gasteiger partial charge is 0.472 e. The molecule has 1 unspecified atom stereocenters. The first-order valence-corrected chi connectivity index (χ1v) is 11.6. The van der Waals surface area contributed by atoms with Crippen molar-refractivity contribution in [2.45, 2.75) is 37.5 Å². The molecule has 0 spiro atoms. The van der Waals surface area contributed by atoms with Gasteiger partial charge in [0.2, 0.25) is 15.9 Å². The summed E-state index contributed by atoms with van der Waals surface area (Å²) in [6, 6.07) is 7.80. The molecule has 1 aliphatic heterocycles. The number of likely N-dealkylation sites (tertiary alicyclic amines) is 1. The molecule has 3 rings (SSSR count). The second-order valence-corrected chi connectivity index (χ2v) is 9.14. The van der Waals surface area contributed by atoms with Gasteiger partial charge in [-0.05, 0) is 43.5 Å². The van der Waals surface area contributed by atoms with Crippen LogP contribution in [-0.4, -0.2) is 44.8 Å². The molecule has 1 aromatic carbocycles. The molecule has 1 atom stereocenters. The number of hydrogen-bond donors (Lipinski definition) is 2. The van der Waals surface area contributed by atoms with Crippen molar-refractivity contribution < 1.29 is 22.4 Å². The Morgan fingerprint density at radius 1 is 1.27 bits per heavy atom. The number of nitrogens with one attached hydrogen (secondary N) is 2. The van der Waals surface area contributed by atoms with Gasteiger partial charge in [0.15, 0.2) is 0 Å². The minimum absolute atomic E-state index is 0.108. The lowest BCUT2D eigenvalue weighted by molar-refractivity contribution is -0.121. The van der Waals surface area contributed by atoms with Crippen LogP contribution in [0.25, 0.3) is 0 Å². The maximum atomic E-state index is 12.8. The molecule has 30 heavy (non-hydrogen) atoms. The molecule has 0 aliphatic carbocycles. The van der Waals surface area contributed by atoms with Crippen LogP contribution in [0.3, 0.4) is 0 Å². The standard InChI is InChI=1S/C21H27N3O5S/c1-2-3-10-22-30(27,28)19-8-4-7-18(13-19)23-20(25)16-6-5-11-24(14-16)21(26)17-9-12-29-15-17/h4,7-9,12-13,15-16,22H,2-3,5-6,10-11,14H2,1H3,(H,23,25). The van der Waals surface area contributed by atoms with Gasteiger partial charge in [0, 0.05) is 25.3 Å². The zero-order valence-electron chi connectivity index (χ0n) is 17.0. The number of carbonyl (C=O) groups excluding carboxylic acids is 2. The van der Waals surface area contributed by atoms with E-state index in [2.05, 4.69) is 10.0 Å². The smallest absolute Gasteiger partial charge is 0.257 e. The molecule has 1 aromatic heterocycles. The second-order valence-electron chi connectivity index (χ2n) is 7.37. The zero-order chi connectivity index (χ0) is 21.6. The summed E-state index contributed by atoms with van der Waals surface area (Å²) in [4.78, 5) is 27.0. The van der Waals surface area contributed by atoms with Crippen molar-refractivity contribution >= 4 is 27.5 Å². The fraction of sp³-hybridized carbons (Fsp3) is 0.429. The van der Waals surface area contributed by atoms with Crippen LogP contribution < -0.4 is 10.0 Å². The molecule has 8 nitrogen and oxygen atoms in total. The van der Waals surface area contributed by atoms with Gasteiger partial charge in [-0.1, -0.05) is 19.4 Å². The summed E-state index contributed by atoms with van der Waals surface area (Å²) in [6.45, 7) is 3.26. The van der Waals surface area contributed by atoms with Crippen molar-refractivity contribution in [1.82, 2.24) is 9.62 Å². The monoisotopic (exact) mass is 433 g/mol. The third kappa shape index (κ3) is 5.48. The Bertz CT molecular complexity index is 972. The summed E-state index contributed by atoms with van der Waals surface area (Å²) in [5.41, 5.74) is 0.876. The maximum absolute atomic E-state index is 12.8. The van der Waals surface area contributed by atoms with Crippen LogP contribution in [0.2, 0.25) is 0 Å². The Balaban J connectivity index is 1.63. The third-order valence-corrected chi connectivity index (χ3v) is 6.54. The molecular weight excluding hydrogens is 406 g/mol. The SMILES string of the molecule is CCCCNS(=O)(=O)c1cccc(NC(=O)C2CCCN(C(=O)c3ccoc3)C2)c1. The number of unbranched alkanes of at least 4 members (excludes halogenated alkanes) is 1.